The summed E-state index contributed by atoms with van der Waals surface area (Å²) in [5, 5.41) is 3.21. The van der Waals surface area contributed by atoms with Gasteiger partial charge in [0.1, 0.15) is 12.2 Å². The summed E-state index contributed by atoms with van der Waals surface area (Å²) in [5.41, 5.74) is 3.17. The van der Waals surface area contributed by atoms with E-state index in [0.29, 0.717) is 13.1 Å². The molecule has 2 aliphatic rings. The summed E-state index contributed by atoms with van der Waals surface area (Å²) < 4.78 is 2.28. The van der Waals surface area contributed by atoms with E-state index in [0.717, 1.165) is 81.2 Å². The average Bonchev–Trinajstić information content (AvgIpc) is 3.11. The Morgan fingerprint density at radius 1 is 1.11 bits per heavy atom. The minimum atomic E-state index is -0.0178. The molecule has 0 unspecified atom stereocenters. The molecule has 1 amide bonds. The van der Waals surface area contributed by atoms with Crippen molar-refractivity contribution in [3.05, 3.63) is 48.0 Å². The van der Waals surface area contributed by atoms with Crippen LogP contribution in [-0.4, -0.2) is 63.0 Å². The number of hydrogen-bond acceptors (Lipinski definition) is 6. The number of hydrogen-bond donors (Lipinski definition) is 1. The van der Waals surface area contributed by atoms with Crippen LogP contribution < -0.4 is 10.2 Å². The maximum absolute atomic E-state index is 13.0. The zero-order valence-corrected chi connectivity index (χ0v) is 21.5. The number of nitrogens with zero attached hydrogens (tertiary/aromatic N) is 6. The van der Waals surface area contributed by atoms with Gasteiger partial charge in [-0.25, -0.2) is 15.0 Å². The van der Waals surface area contributed by atoms with E-state index < -0.39 is 0 Å². The van der Waals surface area contributed by atoms with Crippen molar-refractivity contribution >= 4 is 22.9 Å². The van der Waals surface area contributed by atoms with Gasteiger partial charge >= 0.3 is 0 Å². The monoisotopic (exact) mass is 489 g/mol. The molecule has 8 nitrogen and oxygen atoms in total. The first-order chi connectivity index (χ1) is 17.7. The topological polar surface area (TPSA) is 79.2 Å². The molecule has 1 aromatic carbocycles. The summed E-state index contributed by atoms with van der Waals surface area (Å²) in [5.74, 6) is 2.16. The van der Waals surface area contributed by atoms with Crippen LogP contribution in [0.1, 0.15) is 56.8 Å². The number of anilines is 1. The van der Waals surface area contributed by atoms with E-state index >= 15 is 0 Å². The van der Waals surface area contributed by atoms with Gasteiger partial charge in [0.25, 0.3) is 0 Å². The molecule has 0 aliphatic carbocycles. The number of nitrogens with one attached hydrogen (secondary N) is 1. The Morgan fingerprint density at radius 3 is 2.86 bits per heavy atom. The highest BCUT2D eigenvalue weighted by atomic mass is 16.1. The second-order valence-corrected chi connectivity index (χ2v) is 10.1. The lowest BCUT2D eigenvalue weighted by Gasteiger charge is -2.32. The summed E-state index contributed by atoms with van der Waals surface area (Å²) in [6, 6.07) is 10.6. The van der Waals surface area contributed by atoms with Gasteiger partial charge < -0.3 is 14.8 Å². The first-order valence-electron chi connectivity index (χ1n) is 13.7. The molecular formula is C28H39N7O. The Labute approximate surface area is 214 Å². The van der Waals surface area contributed by atoms with Crippen molar-refractivity contribution < 1.29 is 4.79 Å². The lowest BCUT2D eigenvalue weighted by atomic mass is 9.97. The second-order valence-electron chi connectivity index (χ2n) is 10.1. The Hall–Kier alpha value is -3.00. The minimum Gasteiger partial charge on any atom is -0.356 e. The van der Waals surface area contributed by atoms with Gasteiger partial charge in [0.05, 0.1) is 5.92 Å². The fraction of sp³-hybridized carbons (Fsp3) is 0.571. The summed E-state index contributed by atoms with van der Waals surface area (Å²) >= 11 is 0. The van der Waals surface area contributed by atoms with Crippen LogP contribution in [0.3, 0.4) is 0 Å². The Morgan fingerprint density at radius 2 is 2.00 bits per heavy atom. The van der Waals surface area contributed by atoms with Gasteiger partial charge in [-0.1, -0.05) is 43.7 Å². The molecule has 2 aromatic heterocycles. The number of aromatic nitrogens is 4. The van der Waals surface area contributed by atoms with Crippen LogP contribution in [0.2, 0.25) is 0 Å². The van der Waals surface area contributed by atoms with Crippen molar-refractivity contribution in [3.8, 4) is 0 Å². The zero-order chi connectivity index (χ0) is 24.7. The third-order valence-electron chi connectivity index (χ3n) is 7.61. The van der Waals surface area contributed by atoms with E-state index in [1.807, 2.05) is 0 Å². The van der Waals surface area contributed by atoms with E-state index in [1.165, 1.54) is 24.8 Å². The minimum absolute atomic E-state index is 0.0178. The Balaban J connectivity index is 1.15. The summed E-state index contributed by atoms with van der Waals surface area (Å²) in [6.07, 6.45) is 9.12. The maximum Gasteiger partial charge on any atom is 0.224 e. The molecule has 1 saturated heterocycles. The van der Waals surface area contributed by atoms with E-state index in [1.54, 1.807) is 6.33 Å². The zero-order valence-electron chi connectivity index (χ0n) is 21.5. The number of piperidine rings is 1. The summed E-state index contributed by atoms with van der Waals surface area (Å²) in [6.45, 7) is 8.42. The molecule has 5 rings (SSSR count). The fourth-order valence-electron chi connectivity index (χ4n) is 5.59. The molecule has 1 fully saturated rings. The van der Waals surface area contributed by atoms with Crippen molar-refractivity contribution in [2.45, 2.75) is 65.0 Å². The summed E-state index contributed by atoms with van der Waals surface area (Å²) in [4.78, 5) is 31.9. The molecule has 3 aromatic rings. The second kappa shape index (κ2) is 11.8. The molecular weight excluding hydrogens is 450 g/mol. The number of carbonyl (C=O) groups excluding carboxylic acids is 1. The van der Waals surface area contributed by atoms with Crippen molar-refractivity contribution in [2.75, 3.05) is 37.6 Å². The fourth-order valence-corrected chi connectivity index (χ4v) is 5.59. The van der Waals surface area contributed by atoms with Gasteiger partial charge in [0.2, 0.25) is 5.91 Å². The van der Waals surface area contributed by atoms with Gasteiger partial charge in [0.15, 0.2) is 17.0 Å². The largest absolute Gasteiger partial charge is 0.356 e. The Bertz CT molecular complexity index is 1150. The maximum atomic E-state index is 13.0. The van der Waals surface area contributed by atoms with Gasteiger partial charge in [-0.3, -0.25) is 9.69 Å². The predicted molar refractivity (Wildman–Crippen MR) is 143 cm³/mol. The molecule has 8 heteroatoms. The average molecular weight is 490 g/mol. The van der Waals surface area contributed by atoms with Gasteiger partial charge in [0, 0.05) is 45.7 Å². The van der Waals surface area contributed by atoms with Crippen LogP contribution >= 0.6 is 0 Å². The molecule has 2 aliphatic heterocycles. The first kappa shape index (κ1) is 24.7. The summed E-state index contributed by atoms with van der Waals surface area (Å²) in [7, 11) is 0. The molecule has 1 N–H and O–H groups in total. The number of aryl methyl sites for hydroxylation is 2. The standard InChI is InChI=1S/C28H39N7O/c1-2-33(19-22-11-5-3-6-12-22)16-10-15-29-28(36)23-13-9-17-34(20-23)26-25-27(31-21-30-26)35-18-8-4-7-14-24(35)32-25/h3,5-6,11-12,21,23H,2,4,7-10,13-20H2,1H3,(H,29,36)/t23-/m1/s1. The highest BCUT2D eigenvalue weighted by Crippen LogP contribution is 2.29. The third kappa shape index (κ3) is 5.69. The first-order valence-corrected chi connectivity index (χ1v) is 13.7. The quantitative estimate of drug-likeness (QED) is 0.461. The van der Waals surface area contributed by atoms with Gasteiger partial charge in [-0.05, 0) is 44.2 Å². The van der Waals surface area contributed by atoms with Crippen molar-refractivity contribution in [1.82, 2.24) is 29.7 Å². The molecule has 1 atom stereocenters. The van der Waals surface area contributed by atoms with Crippen LogP contribution in [0.5, 0.6) is 0 Å². The number of fused-ring (bicyclic) bond motifs is 3. The number of amides is 1. The molecule has 0 saturated carbocycles. The van der Waals surface area contributed by atoms with Crippen LogP contribution in [0.15, 0.2) is 36.7 Å². The van der Waals surface area contributed by atoms with Crippen molar-refractivity contribution in [1.29, 1.82) is 0 Å². The van der Waals surface area contributed by atoms with E-state index in [2.05, 4.69) is 66.9 Å². The lowest BCUT2D eigenvalue weighted by molar-refractivity contribution is -0.125. The number of imidazole rings is 1. The predicted octanol–water partition coefficient (Wildman–Crippen LogP) is 3.80. The molecule has 0 bridgehead atoms. The SMILES string of the molecule is CCN(CCCNC(=O)[C@@H]1CCCN(c2ncnc3c2nc2n3CCCCC2)C1)Cc1ccccc1. The van der Waals surface area contributed by atoms with Crippen LogP contribution in [0.25, 0.3) is 11.2 Å². The number of benzene rings is 1. The molecule has 36 heavy (non-hydrogen) atoms. The smallest absolute Gasteiger partial charge is 0.224 e. The van der Waals surface area contributed by atoms with Crippen molar-refractivity contribution in [3.63, 3.8) is 0 Å². The van der Waals surface area contributed by atoms with Gasteiger partial charge in [-0.15, -0.1) is 0 Å². The van der Waals surface area contributed by atoms with Crippen LogP contribution in [-0.2, 0) is 24.3 Å². The molecule has 0 radical (unpaired) electrons. The van der Waals surface area contributed by atoms with E-state index in [-0.39, 0.29) is 11.8 Å². The van der Waals surface area contributed by atoms with Crippen LogP contribution in [0, 0.1) is 5.92 Å². The van der Waals surface area contributed by atoms with E-state index in [9.17, 15) is 4.79 Å². The van der Waals surface area contributed by atoms with Crippen LogP contribution in [0.4, 0.5) is 5.82 Å². The van der Waals surface area contributed by atoms with Crippen molar-refractivity contribution in [2.24, 2.45) is 5.92 Å². The molecule has 4 heterocycles. The normalized spacial score (nSPS) is 18.3. The number of rotatable bonds is 9. The number of carbonyl (C=O) groups is 1. The lowest BCUT2D eigenvalue weighted by Crippen LogP contribution is -2.44. The third-order valence-corrected chi connectivity index (χ3v) is 7.61. The van der Waals surface area contributed by atoms with Gasteiger partial charge in [-0.2, -0.15) is 0 Å². The van der Waals surface area contributed by atoms with E-state index in [4.69, 9.17) is 4.98 Å². The highest BCUT2D eigenvalue weighted by Gasteiger charge is 2.29. The highest BCUT2D eigenvalue weighted by molar-refractivity contribution is 5.85. The Kier molecular flexibility index (Phi) is 8.11. The molecule has 0 spiro atoms. The molecule has 192 valence electrons.